The van der Waals surface area contributed by atoms with Crippen molar-refractivity contribution in [3.63, 3.8) is 0 Å². The molecule has 1 aromatic carbocycles. The number of halogens is 3. The molecule has 0 aliphatic rings. The molecule has 0 aliphatic carbocycles. The van der Waals surface area contributed by atoms with Crippen molar-refractivity contribution in [3.05, 3.63) is 35.1 Å². The Morgan fingerprint density at radius 3 is 2.00 bits per heavy atom. The molecule has 0 saturated carbocycles. The average molecular weight is 217 g/mol. The lowest BCUT2D eigenvalue weighted by molar-refractivity contribution is 0.306. The summed E-state index contributed by atoms with van der Waals surface area (Å²) in [6.45, 7) is 5.21. The molecule has 1 rings (SSSR count). The minimum absolute atomic E-state index is 0.387. The molecule has 0 unspecified atom stereocenters. The first kappa shape index (κ1) is 12.0. The summed E-state index contributed by atoms with van der Waals surface area (Å²) in [5.41, 5.74) is 4.78. The maximum atomic E-state index is 13.3. The van der Waals surface area contributed by atoms with E-state index in [1.54, 1.807) is 20.8 Å². The maximum absolute atomic E-state index is 13.3. The zero-order chi connectivity index (χ0) is 11.8. The summed E-state index contributed by atoms with van der Waals surface area (Å²) in [5.74, 6) is -3.08. The third-order valence-electron chi connectivity index (χ3n) is 2.32. The zero-order valence-electron chi connectivity index (χ0n) is 8.94. The summed E-state index contributed by atoms with van der Waals surface area (Å²) in [6, 6.07) is 0.760. The Morgan fingerprint density at radius 2 is 1.53 bits per heavy atom. The van der Waals surface area contributed by atoms with Gasteiger partial charge in [-0.15, -0.1) is 0 Å². The van der Waals surface area contributed by atoms with Crippen LogP contribution >= 0.6 is 0 Å². The van der Waals surface area contributed by atoms with E-state index in [2.05, 4.69) is 0 Å². The predicted octanol–water partition coefficient (Wildman–Crippen LogP) is 3.15. The topological polar surface area (TPSA) is 26.0 Å². The van der Waals surface area contributed by atoms with E-state index in [1.807, 2.05) is 0 Å². The molecule has 15 heavy (non-hydrogen) atoms. The second kappa shape index (κ2) is 3.85. The van der Waals surface area contributed by atoms with Crippen LogP contribution in [0.15, 0.2) is 12.1 Å². The molecule has 0 amide bonds. The smallest absolute Gasteiger partial charge is 0.166 e. The van der Waals surface area contributed by atoms with Crippen molar-refractivity contribution in [1.82, 2.24) is 0 Å². The van der Waals surface area contributed by atoms with Crippen LogP contribution in [-0.2, 0) is 0 Å². The highest BCUT2D eigenvalue weighted by atomic mass is 19.2. The highest BCUT2D eigenvalue weighted by Gasteiger charge is 2.29. The zero-order valence-corrected chi connectivity index (χ0v) is 8.94. The van der Waals surface area contributed by atoms with E-state index in [4.69, 9.17) is 5.73 Å². The standard InChI is InChI=1S/C11H14F3N/c1-11(2,3)10(15)8-6(12)4-5-7(13)9(8)14/h4-5,10H,15H2,1-3H3/t10-/m0/s1. The van der Waals surface area contributed by atoms with Crippen molar-refractivity contribution >= 4 is 0 Å². The van der Waals surface area contributed by atoms with E-state index in [0.29, 0.717) is 0 Å². The van der Waals surface area contributed by atoms with Crippen molar-refractivity contribution in [2.24, 2.45) is 11.1 Å². The van der Waals surface area contributed by atoms with Crippen LogP contribution in [0.2, 0.25) is 0 Å². The van der Waals surface area contributed by atoms with Crippen molar-refractivity contribution in [1.29, 1.82) is 0 Å². The molecular formula is C11H14F3N. The van der Waals surface area contributed by atoms with Crippen LogP contribution in [0, 0.1) is 22.9 Å². The third kappa shape index (κ3) is 2.31. The van der Waals surface area contributed by atoms with Gasteiger partial charge in [-0.05, 0) is 17.5 Å². The minimum Gasteiger partial charge on any atom is -0.323 e. The fourth-order valence-electron chi connectivity index (χ4n) is 1.26. The third-order valence-corrected chi connectivity index (χ3v) is 2.32. The Labute approximate surface area is 87.1 Å². The van der Waals surface area contributed by atoms with Crippen LogP contribution in [0.25, 0.3) is 0 Å². The molecule has 0 radical (unpaired) electrons. The molecule has 0 saturated heterocycles. The maximum Gasteiger partial charge on any atom is 0.166 e. The Kier molecular flexibility index (Phi) is 3.09. The molecule has 1 nitrogen and oxygen atoms in total. The summed E-state index contributed by atoms with van der Waals surface area (Å²) in [7, 11) is 0. The lowest BCUT2D eigenvalue weighted by Crippen LogP contribution is -2.28. The van der Waals surface area contributed by atoms with Gasteiger partial charge in [0.1, 0.15) is 5.82 Å². The van der Waals surface area contributed by atoms with Gasteiger partial charge in [0.2, 0.25) is 0 Å². The number of benzene rings is 1. The van der Waals surface area contributed by atoms with Crippen LogP contribution in [0.1, 0.15) is 32.4 Å². The van der Waals surface area contributed by atoms with Crippen LogP contribution in [0.3, 0.4) is 0 Å². The fourth-order valence-corrected chi connectivity index (χ4v) is 1.26. The largest absolute Gasteiger partial charge is 0.323 e. The van der Waals surface area contributed by atoms with Crippen LogP contribution < -0.4 is 5.73 Å². The molecule has 0 heterocycles. The summed E-state index contributed by atoms with van der Waals surface area (Å²) < 4.78 is 39.6. The van der Waals surface area contributed by atoms with Crippen LogP contribution in [-0.4, -0.2) is 0 Å². The summed E-state index contributed by atoms with van der Waals surface area (Å²) in [4.78, 5) is 0. The molecule has 1 aromatic rings. The van der Waals surface area contributed by atoms with Gasteiger partial charge >= 0.3 is 0 Å². The lowest BCUT2D eigenvalue weighted by atomic mass is 9.82. The predicted molar refractivity (Wildman–Crippen MR) is 52.7 cm³/mol. The van der Waals surface area contributed by atoms with Crippen molar-refractivity contribution in [2.75, 3.05) is 0 Å². The van der Waals surface area contributed by atoms with Gasteiger partial charge in [-0.2, -0.15) is 0 Å². The average Bonchev–Trinajstić information content (AvgIpc) is 2.10. The summed E-state index contributed by atoms with van der Waals surface area (Å²) in [5, 5.41) is 0. The Hall–Kier alpha value is -1.03. The van der Waals surface area contributed by atoms with Crippen LogP contribution in [0.5, 0.6) is 0 Å². The van der Waals surface area contributed by atoms with E-state index in [1.165, 1.54) is 0 Å². The first-order chi connectivity index (χ1) is 6.75. The first-order valence-corrected chi connectivity index (χ1v) is 4.64. The van der Waals surface area contributed by atoms with E-state index in [9.17, 15) is 13.2 Å². The molecular weight excluding hydrogens is 203 g/mol. The molecule has 1 atom stereocenters. The lowest BCUT2D eigenvalue weighted by Gasteiger charge is -2.27. The Balaban J connectivity index is 3.31. The van der Waals surface area contributed by atoms with E-state index < -0.39 is 28.9 Å². The summed E-state index contributed by atoms with van der Waals surface area (Å²) >= 11 is 0. The minimum atomic E-state index is -1.20. The highest BCUT2D eigenvalue weighted by molar-refractivity contribution is 5.25. The van der Waals surface area contributed by atoms with E-state index in [-0.39, 0.29) is 5.56 Å². The molecule has 0 bridgehead atoms. The molecule has 84 valence electrons. The first-order valence-electron chi connectivity index (χ1n) is 4.64. The van der Waals surface area contributed by atoms with Gasteiger partial charge < -0.3 is 5.73 Å². The normalized spacial score (nSPS) is 14.1. The van der Waals surface area contributed by atoms with Gasteiger partial charge in [-0.1, -0.05) is 20.8 Å². The molecule has 0 fully saturated rings. The number of hydrogen-bond acceptors (Lipinski definition) is 1. The van der Waals surface area contributed by atoms with Crippen molar-refractivity contribution < 1.29 is 13.2 Å². The molecule has 4 heteroatoms. The van der Waals surface area contributed by atoms with Crippen molar-refractivity contribution in [3.8, 4) is 0 Å². The molecule has 0 aliphatic heterocycles. The molecule has 2 N–H and O–H groups in total. The van der Waals surface area contributed by atoms with Gasteiger partial charge in [0.25, 0.3) is 0 Å². The quantitative estimate of drug-likeness (QED) is 0.718. The SMILES string of the molecule is CC(C)(C)[C@@H](N)c1c(F)ccc(F)c1F. The second-order valence-corrected chi connectivity index (χ2v) is 4.60. The molecule has 0 aromatic heterocycles. The van der Waals surface area contributed by atoms with Gasteiger partial charge in [0, 0.05) is 11.6 Å². The number of nitrogens with two attached hydrogens (primary N) is 1. The number of hydrogen-bond donors (Lipinski definition) is 1. The van der Waals surface area contributed by atoms with Gasteiger partial charge in [-0.3, -0.25) is 0 Å². The number of rotatable bonds is 1. The van der Waals surface area contributed by atoms with Gasteiger partial charge in [0.15, 0.2) is 11.6 Å². The summed E-state index contributed by atoms with van der Waals surface area (Å²) in [6.07, 6.45) is 0. The Bertz CT molecular complexity index is 369. The van der Waals surface area contributed by atoms with Gasteiger partial charge in [0.05, 0.1) is 0 Å². The van der Waals surface area contributed by atoms with Crippen molar-refractivity contribution in [2.45, 2.75) is 26.8 Å². The fraction of sp³-hybridized carbons (Fsp3) is 0.455. The highest BCUT2D eigenvalue weighted by Crippen LogP contribution is 2.33. The van der Waals surface area contributed by atoms with Crippen LogP contribution in [0.4, 0.5) is 13.2 Å². The van der Waals surface area contributed by atoms with E-state index >= 15 is 0 Å². The monoisotopic (exact) mass is 217 g/mol. The Morgan fingerprint density at radius 1 is 1.07 bits per heavy atom. The molecule has 0 spiro atoms. The second-order valence-electron chi connectivity index (χ2n) is 4.60. The van der Waals surface area contributed by atoms with Gasteiger partial charge in [-0.25, -0.2) is 13.2 Å². The van der Waals surface area contributed by atoms with E-state index in [0.717, 1.165) is 12.1 Å².